The molecule has 0 N–H and O–H groups in total. The minimum Gasteiger partial charge on any atom is -0.391 e. The highest BCUT2D eigenvalue weighted by Crippen LogP contribution is 2.18. The summed E-state index contributed by atoms with van der Waals surface area (Å²) < 4.78 is 10.5. The number of hydrogen-bond acceptors (Lipinski definition) is 4. The fourth-order valence-corrected chi connectivity index (χ4v) is 2.72. The Bertz CT molecular complexity index is 596. The molecule has 0 unspecified atom stereocenters. The van der Waals surface area contributed by atoms with Gasteiger partial charge in [-0.05, 0) is 30.0 Å². The highest BCUT2D eigenvalue weighted by Gasteiger charge is 2.07. The number of carbonyl (C=O) groups excluding carboxylic acids is 1. The van der Waals surface area contributed by atoms with Gasteiger partial charge < -0.3 is 8.92 Å². The van der Waals surface area contributed by atoms with E-state index < -0.39 is 0 Å². The Morgan fingerprint density at radius 2 is 1.74 bits per heavy atom. The molecule has 0 saturated carbocycles. The van der Waals surface area contributed by atoms with Crippen LogP contribution in [0.25, 0.3) is 0 Å². The Labute approximate surface area is 142 Å². The summed E-state index contributed by atoms with van der Waals surface area (Å²) in [4.78, 5) is 11.8. The fourth-order valence-electron chi connectivity index (χ4n) is 2.12. The van der Waals surface area contributed by atoms with Crippen LogP contribution in [0, 0.1) is 0 Å². The van der Waals surface area contributed by atoms with Crippen molar-refractivity contribution in [1.29, 1.82) is 0 Å². The number of methoxy groups -OCH3 is 1. The van der Waals surface area contributed by atoms with Gasteiger partial charge in [-0.3, -0.25) is 4.79 Å². The van der Waals surface area contributed by atoms with E-state index in [2.05, 4.69) is 0 Å². The van der Waals surface area contributed by atoms with E-state index in [0.717, 1.165) is 16.7 Å². The first kappa shape index (κ1) is 17.6. The maximum Gasteiger partial charge on any atom is 0.318 e. The monoisotopic (exact) mass is 330 g/mol. The van der Waals surface area contributed by atoms with Crippen molar-refractivity contribution in [3.8, 4) is 0 Å². The molecule has 0 radical (unpaired) electrons. The third-order valence-electron chi connectivity index (χ3n) is 3.64. The fraction of sp³-hybridized carbons (Fsp3) is 0.316. The molecule has 0 aliphatic heterocycles. The number of benzene rings is 2. The van der Waals surface area contributed by atoms with Crippen LogP contribution in [0.2, 0.25) is 0 Å². The van der Waals surface area contributed by atoms with Gasteiger partial charge in [0.1, 0.15) is 0 Å². The lowest BCUT2D eigenvalue weighted by Gasteiger charge is -2.10. The van der Waals surface area contributed by atoms with E-state index in [1.54, 1.807) is 7.11 Å². The van der Waals surface area contributed by atoms with Crippen molar-refractivity contribution in [3.63, 3.8) is 0 Å². The van der Waals surface area contributed by atoms with E-state index in [1.807, 2.05) is 61.5 Å². The van der Waals surface area contributed by atoms with Crippen molar-refractivity contribution in [2.45, 2.75) is 31.6 Å². The predicted octanol–water partition coefficient (Wildman–Crippen LogP) is 4.72. The first-order valence-corrected chi connectivity index (χ1v) is 8.58. The van der Waals surface area contributed by atoms with Crippen LogP contribution in [0.15, 0.2) is 54.6 Å². The zero-order valence-corrected chi connectivity index (χ0v) is 14.3. The van der Waals surface area contributed by atoms with Crippen molar-refractivity contribution >= 4 is 18.0 Å². The Morgan fingerprint density at radius 1 is 1.04 bits per heavy atom. The van der Waals surface area contributed by atoms with Gasteiger partial charge in [-0.25, -0.2) is 0 Å². The maximum atomic E-state index is 11.8. The van der Waals surface area contributed by atoms with Crippen LogP contribution in [0.5, 0.6) is 0 Å². The highest BCUT2D eigenvalue weighted by molar-refractivity contribution is 7.94. The second-order valence-electron chi connectivity index (χ2n) is 5.32. The van der Waals surface area contributed by atoms with Crippen LogP contribution in [-0.2, 0) is 25.9 Å². The summed E-state index contributed by atoms with van der Waals surface area (Å²) in [5.74, 6) is 0.496. The zero-order chi connectivity index (χ0) is 16.5. The maximum absolute atomic E-state index is 11.8. The molecule has 3 nitrogen and oxygen atoms in total. The third kappa shape index (κ3) is 6.08. The summed E-state index contributed by atoms with van der Waals surface area (Å²) >= 11 is 1.19. The smallest absolute Gasteiger partial charge is 0.318 e. The van der Waals surface area contributed by atoms with E-state index >= 15 is 0 Å². The van der Waals surface area contributed by atoms with E-state index in [9.17, 15) is 4.79 Å². The summed E-state index contributed by atoms with van der Waals surface area (Å²) in [6.45, 7) is 2.01. The van der Waals surface area contributed by atoms with Gasteiger partial charge >= 0.3 is 5.97 Å². The van der Waals surface area contributed by atoms with Gasteiger partial charge in [-0.2, -0.15) is 0 Å². The molecule has 4 heteroatoms. The molecule has 23 heavy (non-hydrogen) atoms. The van der Waals surface area contributed by atoms with Crippen LogP contribution < -0.4 is 0 Å². The number of ether oxygens (including phenoxy) is 1. The summed E-state index contributed by atoms with van der Waals surface area (Å²) in [5.41, 5.74) is 3.41. The molecule has 1 atom stereocenters. The molecular weight excluding hydrogens is 308 g/mol. The molecule has 0 spiro atoms. The molecule has 0 fully saturated rings. The quantitative estimate of drug-likeness (QED) is 0.656. The average Bonchev–Trinajstić information content (AvgIpc) is 2.60. The first-order chi connectivity index (χ1) is 11.2. The lowest BCUT2D eigenvalue weighted by Crippen LogP contribution is -2.02. The van der Waals surface area contributed by atoms with Crippen molar-refractivity contribution in [2.75, 3.05) is 7.11 Å². The number of aryl methyl sites for hydroxylation is 1. The first-order valence-electron chi connectivity index (χ1n) is 7.67. The Balaban J connectivity index is 1.69. The van der Waals surface area contributed by atoms with Crippen LogP contribution in [0.3, 0.4) is 0 Å². The zero-order valence-electron chi connectivity index (χ0n) is 13.5. The molecule has 0 saturated heterocycles. The van der Waals surface area contributed by atoms with Gasteiger partial charge in [0.2, 0.25) is 0 Å². The minimum absolute atomic E-state index is 0.0865. The van der Waals surface area contributed by atoms with E-state index in [0.29, 0.717) is 18.6 Å². The lowest BCUT2D eigenvalue weighted by molar-refractivity contribution is -0.133. The predicted molar refractivity (Wildman–Crippen MR) is 94.0 cm³/mol. The molecule has 0 heterocycles. The Kier molecular flexibility index (Phi) is 7.17. The minimum atomic E-state index is -0.180. The number of rotatable bonds is 8. The summed E-state index contributed by atoms with van der Waals surface area (Å²) in [6, 6.07) is 18.1. The van der Waals surface area contributed by atoms with E-state index in [4.69, 9.17) is 8.92 Å². The second-order valence-corrected chi connectivity index (χ2v) is 6.01. The summed E-state index contributed by atoms with van der Waals surface area (Å²) in [7, 11) is 1.70. The van der Waals surface area contributed by atoms with Crippen molar-refractivity contribution < 1.29 is 13.7 Å². The number of hydrogen-bond donors (Lipinski definition) is 0. The lowest BCUT2D eigenvalue weighted by atomic mass is 10.0. The molecule has 122 valence electrons. The molecule has 2 rings (SSSR count). The van der Waals surface area contributed by atoms with Crippen LogP contribution in [-0.4, -0.2) is 13.1 Å². The SMILES string of the molecule is CO[C@@H](C)c1ccc(CCC(=O)OSCc2ccccc2)cc1. The third-order valence-corrected chi connectivity index (χ3v) is 4.40. The van der Waals surface area contributed by atoms with E-state index in [-0.39, 0.29) is 12.1 Å². The Hall–Kier alpha value is -1.78. The molecule has 0 bridgehead atoms. The van der Waals surface area contributed by atoms with Crippen LogP contribution in [0.1, 0.15) is 36.1 Å². The molecule has 2 aromatic rings. The average molecular weight is 330 g/mol. The molecule has 0 aliphatic carbocycles. The highest BCUT2D eigenvalue weighted by atomic mass is 32.2. The van der Waals surface area contributed by atoms with E-state index in [1.165, 1.54) is 12.0 Å². The van der Waals surface area contributed by atoms with Gasteiger partial charge in [0.15, 0.2) is 0 Å². The normalized spacial score (nSPS) is 11.9. The van der Waals surface area contributed by atoms with Crippen molar-refractivity contribution in [2.24, 2.45) is 0 Å². The standard InChI is InChI=1S/C19H22O3S/c1-15(21-2)18-11-8-16(9-12-18)10-13-19(20)22-23-14-17-6-4-3-5-7-17/h3-9,11-12,15H,10,13-14H2,1-2H3/t15-/m0/s1. The summed E-state index contributed by atoms with van der Waals surface area (Å²) in [5, 5.41) is 0. The van der Waals surface area contributed by atoms with Crippen molar-refractivity contribution in [3.05, 3.63) is 71.3 Å². The topological polar surface area (TPSA) is 35.5 Å². The molecule has 0 aliphatic rings. The van der Waals surface area contributed by atoms with Gasteiger partial charge in [0.05, 0.1) is 30.3 Å². The van der Waals surface area contributed by atoms with Gasteiger partial charge in [-0.15, -0.1) is 0 Å². The molecule has 2 aromatic carbocycles. The van der Waals surface area contributed by atoms with Gasteiger partial charge in [0.25, 0.3) is 0 Å². The molecule has 0 amide bonds. The molecular formula is C19H22O3S. The van der Waals surface area contributed by atoms with Gasteiger partial charge in [-0.1, -0.05) is 54.6 Å². The van der Waals surface area contributed by atoms with Crippen molar-refractivity contribution in [1.82, 2.24) is 0 Å². The number of carbonyl (C=O) groups is 1. The van der Waals surface area contributed by atoms with Gasteiger partial charge in [0, 0.05) is 7.11 Å². The Morgan fingerprint density at radius 3 is 2.39 bits per heavy atom. The summed E-state index contributed by atoms with van der Waals surface area (Å²) in [6.07, 6.45) is 1.16. The van der Waals surface area contributed by atoms with Crippen LogP contribution in [0.4, 0.5) is 0 Å². The second kappa shape index (κ2) is 9.38. The largest absolute Gasteiger partial charge is 0.391 e. The molecule has 0 aromatic heterocycles. The van der Waals surface area contributed by atoms with Crippen LogP contribution >= 0.6 is 12.0 Å².